The number of hydrogen-bond donors (Lipinski definition) is 1. The molecule has 10 heteroatoms. The molecular weight excluding hydrogens is 557 g/mol. The van der Waals surface area contributed by atoms with Gasteiger partial charge in [-0.15, -0.1) is 0 Å². The highest BCUT2D eigenvalue weighted by Gasteiger charge is 2.34. The van der Waals surface area contributed by atoms with Gasteiger partial charge in [0.2, 0.25) is 11.8 Å². The SMILES string of the molecule is Cc1ccc(S(=O)(=O)N(CC(=O)N(Cc2ccccc2)C(C)C(=O)NC(C)(C)C)c2cc(Cl)ccc2Cl)cc1. The van der Waals surface area contributed by atoms with Crippen LogP contribution in [-0.2, 0) is 26.2 Å². The van der Waals surface area contributed by atoms with Gasteiger partial charge in [-0.1, -0.05) is 71.2 Å². The number of anilines is 1. The standard InChI is InChI=1S/C29H33Cl2N3O4S/c1-20-11-14-24(15-12-20)39(37,38)34(26-17-23(30)13-16-25(26)31)19-27(35)33(18-22-9-7-6-8-10-22)21(2)28(36)32-29(3,4)5/h6-17,21H,18-19H2,1-5H3,(H,32,36). The Labute approximate surface area is 240 Å². The number of amides is 2. The lowest BCUT2D eigenvalue weighted by atomic mass is 10.1. The van der Waals surface area contributed by atoms with Gasteiger partial charge in [0.05, 0.1) is 15.6 Å². The van der Waals surface area contributed by atoms with Crippen molar-refractivity contribution < 1.29 is 18.0 Å². The fourth-order valence-electron chi connectivity index (χ4n) is 3.86. The molecule has 0 bridgehead atoms. The molecule has 7 nitrogen and oxygen atoms in total. The predicted molar refractivity (Wildman–Crippen MR) is 157 cm³/mol. The third kappa shape index (κ3) is 7.97. The molecular formula is C29H33Cl2N3O4S. The first kappa shape index (κ1) is 30.5. The van der Waals surface area contributed by atoms with Crippen LogP contribution in [0.4, 0.5) is 5.69 Å². The second-order valence-corrected chi connectivity index (χ2v) is 13.0. The third-order valence-corrected chi connectivity index (χ3v) is 8.25. The zero-order chi connectivity index (χ0) is 29.0. The van der Waals surface area contributed by atoms with E-state index in [2.05, 4.69) is 5.32 Å². The Morgan fingerprint density at radius 3 is 2.15 bits per heavy atom. The van der Waals surface area contributed by atoms with Crippen LogP contribution in [0, 0.1) is 6.92 Å². The number of hydrogen-bond acceptors (Lipinski definition) is 4. The van der Waals surface area contributed by atoms with Crippen LogP contribution < -0.4 is 9.62 Å². The largest absolute Gasteiger partial charge is 0.350 e. The van der Waals surface area contributed by atoms with Crippen LogP contribution in [0.3, 0.4) is 0 Å². The highest BCUT2D eigenvalue weighted by atomic mass is 35.5. The Morgan fingerprint density at radius 2 is 1.56 bits per heavy atom. The van der Waals surface area contributed by atoms with E-state index in [1.165, 1.54) is 35.2 Å². The number of sulfonamides is 1. The van der Waals surface area contributed by atoms with Crippen molar-refractivity contribution in [3.05, 3.63) is 94.0 Å². The molecule has 1 unspecified atom stereocenters. The van der Waals surface area contributed by atoms with E-state index in [4.69, 9.17) is 23.2 Å². The highest BCUT2D eigenvalue weighted by Crippen LogP contribution is 2.33. The molecule has 0 fully saturated rings. The number of halogens is 2. The molecule has 0 radical (unpaired) electrons. The number of nitrogens with zero attached hydrogens (tertiary/aromatic N) is 2. The van der Waals surface area contributed by atoms with Crippen LogP contribution in [0.1, 0.15) is 38.8 Å². The van der Waals surface area contributed by atoms with E-state index in [-0.39, 0.29) is 33.1 Å². The zero-order valence-corrected chi connectivity index (χ0v) is 24.9. The molecule has 3 aromatic rings. The monoisotopic (exact) mass is 589 g/mol. The minimum absolute atomic E-state index is 0.00919. The van der Waals surface area contributed by atoms with E-state index < -0.39 is 34.1 Å². The summed E-state index contributed by atoms with van der Waals surface area (Å²) in [6.07, 6.45) is 0. The fraction of sp³-hybridized carbons (Fsp3) is 0.310. The summed E-state index contributed by atoms with van der Waals surface area (Å²) in [7, 11) is -4.24. The molecule has 1 N–H and O–H groups in total. The van der Waals surface area contributed by atoms with Gasteiger partial charge in [0.25, 0.3) is 10.0 Å². The molecule has 0 aliphatic carbocycles. The van der Waals surface area contributed by atoms with Crippen molar-refractivity contribution in [3.63, 3.8) is 0 Å². The summed E-state index contributed by atoms with van der Waals surface area (Å²) in [6, 6.07) is 19.0. The van der Waals surface area contributed by atoms with E-state index >= 15 is 0 Å². The second-order valence-electron chi connectivity index (χ2n) is 10.3. The average molecular weight is 591 g/mol. The third-order valence-electron chi connectivity index (χ3n) is 5.93. The quantitative estimate of drug-likeness (QED) is 0.340. The second kappa shape index (κ2) is 12.4. The molecule has 1 atom stereocenters. The van der Waals surface area contributed by atoms with Gasteiger partial charge in [-0.3, -0.25) is 13.9 Å². The summed E-state index contributed by atoms with van der Waals surface area (Å²) in [5.41, 5.74) is 1.20. The number of carbonyl (C=O) groups excluding carboxylic acids is 2. The van der Waals surface area contributed by atoms with E-state index in [0.717, 1.165) is 15.4 Å². The van der Waals surface area contributed by atoms with E-state index in [1.807, 2.05) is 58.0 Å². The summed E-state index contributed by atoms with van der Waals surface area (Å²) < 4.78 is 28.7. The lowest BCUT2D eigenvalue weighted by molar-refractivity contribution is -0.140. The minimum atomic E-state index is -4.24. The van der Waals surface area contributed by atoms with Crippen LogP contribution in [0.5, 0.6) is 0 Å². The Kier molecular flexibility index (Phi) is 9.69. The predicted octanol–water partition coefficient (Wildman–Crippen LogP) is 5.83. The zero-order valence-electron chi connectivity index (χ0n) is 22.6. The molecule has 0 saturated carbocycles. The molecule has 0 saturated heterocycles. The lowest BCUT2D eigenvalue weighted by Crippen LogP contribution is -2.54. The molecule has 0 heterocycles. The molecule has 2 amide bonds. The molecule has 0 spiro atoms. The number of nitrogens with one attached hydrogen (secondary N) is 1. The van der Waals surface area contributed by atoms with Crippen LogP contribution >= 0.6 is 23.2 Å². The van der Waals surface area contributed by atoms with Crippen LogP contribution in [-0.4, -0.2) is 43.3 Å². The highest BCUT2D eigenvalue weighted by molar-refractivity contribution is 7.92. The molecule has 39 heavy (non-hydrogen) atoms. The maximum Gasteiger partial charge on any atom is 0.264 e. The number of rotatable bonds is 9. The average Bonchev–Trinajstić information content (AvgIpc) is 2.86. The first-order valence-electron chi connectivity index (χ1n) is 12.4. The van der Waals surface area contributed by atoms with Gasteiger partial charge in [-0.05, 0) is 70.5 Å². The first-order valence-corrected chi connectivity index (χ1v) is 14.6. The molecule has 0 aliphatic heterocycles. The van der Waals surface area contributed by atoms with Crippen molar-refractivity contribution in [1.82, 2.24) is 10.2 Å². The molecule has 3 rings (SSSR count). The molecule has 3 aromatic carbocycles. The van der Waals surface area contributed by atoms with Crippen molar-refractivity contribution in [3.8, 4) is 0 Å². The topological polar surface area (TPSA) is 86.8 Å². The van der Waals surface area contributed by atoms with Gasteiger partial charge < -0.3 is 10.2 Å². The maximum absolute atomic E-state index is 13.9. The summed E-state index contributed by atoms with van der Waals surface area (Å²) in [4.78, 5) is 28.4. The van der Waals surface area contributed by atoms with Crippen LogP contribution in [0.25, 0.3) is 0 Å². The minimum Gasteiger partial charge on any atom is -0.350 e. The normalized spacial score (nSPS) is 12.5. The van der Waals surface area contributed by atoms with Crippen LogP contribution in [0.2, 0.25) is 10.0 Å². The van der Waals surface area contributed by atoms with Crippen molar-refractivity contribution in [2.45, 2.75) is 57.6 Å². The summed E-state index contributed by atoms with van der Waals surface area (Å²) in [5, 5.41) is 3.26. The lowest BCUT2D eigenvalue weighted by Gasteiger charge is -2.33. The van der Waals surface area contributed by atoms with Gasteiger partial charge in [0, 0.05) is 17.1 Å². The Bertz CT molecular complexity index is 1420. The van der Waals surface area contributed by atoms with E-state index in [0.29, 0.717) is 0 Å². The smallest absolute Gasteiger partial charge is 0.264 e. The number of carbonyl (C=O) groups is 2. The first-order chi connectivity index (χ1) is 18.2. The molecule has 0 aromatic heterocycles. The van der Waals surface area contributed by atoms with Gasteiger partial charge >= 0.3 is 0 Å². The summed E-state index contributed by atoms with van der Waals surface area (Å²) >= 11 is 12.6. The van der Waals surface area contributed by atoms with Gasteiger partial charge in [-0.25, -0.2) is 8.42 Å². The number of benzene rings is 3. The molecule has 0 aliphatic rings. The maximum atomic E-state index is 13.9. The van der Waals surface area contributed by atoms with Gasteiger partial charge in [0.1, 0.15) is 12.6 Å². The van der Waals surface area contributed by atoms with Crippen molar-refractivity contribution in [2.75, 3.05) is 10.8 Å². The number of aryl methyl sites for hydroxylation is 1. The van der Waals surface area contributed by atoms with Crippen molar-refractivity contribution >= 4 is 50.7 Å². The van der Waals surface area contributed by atoms with Crippen molar-refractivity contribution in [1.29, 1.82) is 0 Å². The van der Waals surface area contributed by atoms with Gasteiger partial charge in [0.15, 0.2) is 0 Å². The Morgan fingerprint density at radius 1 is 0.949 bits per heavy atom. The van der Waals surface area contributed by atoms with E-state index in [9.17, 15) is 18.0 Å². The molecule has 208 valence electrons. The Hall–Kier alpha value is -3.07. The summed E-state index contributed by atoms with van der Waals surface area (Å²) in [5.74, 6) is -0.942. The van der Waals surface area contributed by atoms with Crippen molar-refractivity contribution in [2.24, 2.45) is 0 Å². The van der Waals surface area contributed by atoms with Crippen LogP contribution in [0.15, 0.2) is 77.7 Å². The van der Waals surface area contributed by atoms with E-state index in [1.54, 1.807) is 19.1 Å². The Balaban J connectivity index is 2.07. The summed E-state index contributed by atoms with van der Waals surface area (Å²) in [6.45, 7) is 8.49. The van der Waals surface area contributed by atoms with Gasteiger partial charge in [-0.2, -0.15) is 0 Å². The fourth-order valence-corrected chi connectivity index (χ4v) is 5.73.